The Labute approximate surface area is 103 Å². The van der Waals surface area contributed by atoms with E-state index in [1.54, 1.807) is 7.11 Å². The molecule has 3 heteroatoms. The Balaban J connectivity index is 2.00. The van der Waals surface area contributed by atoms with Gasteiger partial charge in [-0.05, 0) is 18.6 Å². The zero-order chi connectivity index (χ0) is 12.3. The van der Waals surface area contributed by atoms with Crippen molar-refractivity contribution < 1.29 is 14.2 Å². The van der Waals surface area contributed by atoms with Gasteiger partial charge in [0.1, 0.15) is 5.75 Å². The van der Waals surface area contributed by atoms with Gasteiger partial charge < -0.3 is 14.2 Å². The maximum atomic E-state index is 5.78. The van der Waals surface area contributed by atoms with Gasteiger partial charge in [0.2, 0.25) is 0 Å². The van der Waals surface area contributed by atoms with Crippen molar-refractivity contribution in [2.24, 2.45) is 5.41 Å². The Morgan fingerprint density at radius 2 is 1.82 bits per heavy atom. The molecule has 3 nitrogen and oxygen atoms in total. The Morgan fingerprint density at radius 3 is 2.29 bits per heavy atom. The van der Waals surface area contributed by atoms with Crippen LogP contribution in [0.15, 0.2) is 24.3 Å². The van der Waals surface area contributed by atoms with E-state index >= 15 is 0 Å². The van der Waals surface area contributed by atoms with Crippen molar-refractivity contribution in [3.05, 3.63) is 29.8 Å². The lowest BCUT2D eigenvalue weighted by Gasteiger charge is -2.36. The first kappa shape index (κ1) is 12.4. The van der Waals surface area contributed by atoms with Gasteiger partial charge in [0, 0.05) is 11.0 Å². The summed E-state index contributed by atoms with van der Waals surface area (Å²) >= 11 is 0. The predicted molar refractivity (Wildman–Crippen MR) is 66.0 cm³/mol. The Bertz CT molecular complexity index is 350. The number of hydrogen-bond acceptors (Lipinski definition) is 3. The van der Waals surface area contributed by atoms with Crippen LogP contribution >= 0.6 is 0 Å². The van der Waals surface area contributed by atoms with Gasteiger partial charge in [-0.2, -0.15) is 0 Å². The van der Waals surface area contributed by atoms with Crippen molar-refractivity contribution in [1.29, 1.82) is 0 Å². The number of ether oxygens (including phenoxy) is 3. The molecule has 17 heavy (non-hydrogen) atoms. The zero-order valence-electron chi connectivity index (χ0n) is 10.7. The summed E-state index contributed by atoms with van der Waals surface area (Å²) in [5.74, 6) is 0.850. The van der Waals surface area contributed by atoms with Gasteiger partial charge in [0.15, 0.2) is 6.29 Å². The number of hydrogen-bond donors (Lipinski definition) is 0. The van der Waals surface area contributed by atoms with Crippen molar-refractivity contribution in [3.8, 4) is 5.75 Å². The first-order valence-corrected chi connectivity index (χ1v) is 6.04. The molecule has 2 rings (SSSR count). The van der Waals surface area contributed by atoms with Gasteiger partial charge >= 0.3 is 0 Å². The summed E-state index contributed by atoms with van der Waals surface area (Å²) in [6.45, 7) is 5.86. The van der Waals surface area contributed by atoms with Crippen LogP contribution in [-0.2, 0) is 9.47 Å². The molecule has 0 aliphatic carbocycles. The molecule has 0 saturated carbocycles. The van der Waals surface area contributed by atoms with E-state index in [0.717, 1.165) is 30.9 Å². The second kappa shape index (κ2) is 5.07. The summed E-state index contributed by atoms with van der Waals surface area (Å²) in [5.41, 5.74) is 1.20. The summed E-state index contributed by atoms with van der Waals surface area (Å²) in [5, 5.41) is 0. The summed E-state index contributed by atoms with van der Waals surface area (Å²) in [4.78, 5) is 0. The highest BCUT2D eigenvalue weighted by molar-refractivity contribution is 5.27. The van der Waals surface area contributed by atoms with Crippen molar-refractivity contribution in [2.45, 2.75) is 26.6 Å². The summed E-state index contributed by atoms with van der Waals surface area (Å²) in [7, 11) is 1.66. The van der Waals surface area contributed by atoms with Crippen LogP contribution in [-0.4, -0.2) is 20.3 Å². The topological polar surface area (TPSA) is 27.7 Å². The molecule has 0 aromatic heterocycles. The molecule has 1 aromatic carbocycles. The maximum absolute atomic E-state index is 5.78. The molecule has 0 unspecified atom stereocenters. The first-order valence-electron chi connectivity index (χ1n) is 6.04. The Kier molecular flexibility index (Phi) is 3.69. The van der Waals surface area contributed by atoms with E-state index in [1.807, 2.05) is 24.3 Å². The van der Waals surface area contributed by atoms with Gasteiger partial charge in [0.25, 0.3) is 0 Å². The first-order chi connectivity index (χ1) is 8.17. The second-order valence-electron chi connectivity index (χ2n) is 4.89. The van der Waals surface area contributed by atoms with E-state index in [4.69, 9.17) is 14.2 Å². The molecule has 0 atom stereocenters. The van der Waals surface area contributed by atoms with E-state index in [9.17, 15) is 0 Å². The van der Waals surface area contributed by atoms with Crippen molar-refractivity contribution in [2.75, 3.05) is 20.3 Å². The smallest absolute Gasteiger partial charge is 0.183 e. The van der Waals surface area contributed by atoms with Crippen molar-refractivity contribution in [3.63, 3.8) is 0 Å². The van der Waals surface area contributed by atoms with Gasteiger partial charge in [-0.3, -0.25) is 0 Å². The third-order valence-electron chi connectivity index (χ3n) is 3.41. The highest BCUT2D eigenvalue weighted by Crippen LogP contribution is 2.33. The fourth-order valence-electron chi connectivity index (χ4n) is 1.80. The molecule has 1 saturated heterocycles. The molecule has 0 amide bonds. The third kappa shape index (κ3) is 2.79. The average molecular weight is 236 g/mol. The van der Waals surface area contributed by atoms with Gasteiger partial charge in [-0.1, -0.05) is 26.0 Å². The minimum atomic E-state index is -0.236. The molecule has 1 aliphatic heterocycles. The van der Waals surface area contributed by atoms with Gasteiger partial charge in [-0.15, -0.1) is 0 Å². The minimum Gasteiger partial charge on any atom is -0.497 e. The lowest BCUT2D eigenvalue weighted by Crippen LogP contribution is -2.35. The van der Waals surface area contributed by atoms with Crippen LogP contribution in [0.4, 0.5) is 0 Å². The third-order valence-corrected chi connectivity index (χ3v) is 3.41. The minimum absolute atomic E-state index is 0.156. The molecule has 0 spiro atoms. The quantitative estimate of drug-likeness (QED) is 0.806. The summed E-state index contributed by atoms with van der Waals surface area (Å²) in [6.07, 6.45) is 0.836. The van der Waals surface area contributed by atoms with Gasteiger partial charge in [0.05, 0.1) is 20.3 Å². The van der Waals surface area contributed by atoms with E-state index in [-0.39, 0.29) is 11.7 Å². The van der Waals surface area contributed by atoms with Crippen LogP contribution in [0.1, 0.15) is 32.1 Å². The number of benzene rings is 1. The van der Waals surface area contributed by atoms with Crippen molar-refractivity contribution in [1.82, 2.24) is 0 Å². The monoisotopic (exact) mass is 236 g/mol. The molecule has 94 valence electrons. The van der Waals surface area contributed by atoms with E-state index in [2.05, 4.69) is 13.8 Å². The molecular weight excluding hydrogens is 216 g/mol. The van der Waals surface area contributed by atoms with E-state index < -0.39 is 0 Å². The normalized spacial score (nSPS) is 29.0. The highest BCUT2D eigenvalue weighted by atomic mass is 16.7. The molecule has 1 aromatic rings. The average Bonchev–Trinajstić information content (AvgIpc) is 2.40. The van der Waals surface area contributed by atoms with Crippen LogP contribution in [0.5, 0.6) is 5.75 Å². The van der Waals surface area contributed by atoms with E-state index in [1.165, 1.54) is 0 Å². The molecule has 1 heterocycles. The highest BCUT2D eigenvalue weighted by Gasteiger charge is 2.31. The predicted octanol–water partition coefficient (Wildman–Crippen LogP) is 3.16. The van der Waals surface area contributed by atoms with Crippen LogP contribution in [0.25, 0.3) is 0 Å². The number of rotatable bonds is 3. The number of methoxy groups -OCH3 is 1. The SMILES string of the molecule is CCC1(C)COC(c2ccc(OC)cc2)OC1. The largest absolute Gasteiger partial charge is 0.497 e. The summed E-state index contributed by atoms with van der Waals surface area (Å²) < 4.78 is 16.7. The molecule has 0 N–H and O–H groups in total. The Morgan fingerprint density at radius 1 is 1.24 bits per heavy atom. The summed E-state index contributed by atoms with van der Waals surface area (Å²) in [6, 6.07) is 7.82. The maximum Gasteiger partial charge on any atom is 0.183 e. The van der Waals surface area contributed by atoms with Crippen LogP contribution in [0.2, 0.25) is 0 Å². The van der Waals surface area contributed by atoms with Crippen LogP contribution in [0, 0.1) is 5.41 Å². The standard InChI is InChI=1S/C14H20O3/c1-4-14(2)9-16-13(17-10-14)11-5-7-12(15-3)8-6-11/h5-8,13H,4,9-10H2,1-3H3. The van der Waals surface area contributed by atoms with Crippen LogP contribution < -0.4 is 4.74 Å². The Hall–Kier alpha value is -1.06. The van der Waals surface area contributed by atoms with Crippen molar-refractivity contribution >= 4 is 0 Å². The molecule has 0 radical (unpaired) electrons. The molecular formula is C14H20O3. The fourth-order valence-corrected chi connectivity index (χ4v) is 1.80. The zero-order valence-corrected chi connectivity index (χ0v) is 10.7. The van der Waals surface area contributed by atoms with E-state index in [0.29, 0.717) is 0 Å². The van der Waals surface area contributed by atoms with Crippen LogP contribution in [0.3, 0.4) is 0 Å². The lowest BCUT2D eigenvalue weighted by molar-refractivity contribution is -0.230. The fraction of sp³-hybridized carbons (Fsp3) is 0.571. The lowest BCUT2D eigenvalue weighted by atomic mass is 9.89. The molecule has 1 aliphatic rings. The second-order valence-corrected chi connectivity index (χ2v) is 4.89. The molecule has 1 fully saturated rings. The van der Waals surface area contributed by atoms with Gasteiger partial charge in [-0.25, -0.2) is 0 Å². The molecule has 0 bridgehead atoms.